The Morgan fingerprint density at radius 1 is 1.24 bits per heavy atom. The van der Waals surface area contributed by atoms with E-state index in [0.717, 1.165) is 43.7 Å². The van der Waals surface area contributed by atoms with E-state index >= 15 is 0 Å². The molecule has 1 aliphatic heterocycles. The van der Waals surface area contributed by atoms with Crippen LogP contribution in [0.1, 0.15) is 12.8 Å². The zero-order valence-electron chi connectivity index (χ0n) is 9.69. The number of rotatable bonds is 3. The van der Waals surface area contributed by atoms with Crippen molar-refractivity contribution in [1.29, 1.82) is 0 Å². The van der Waals surface area contributed by atoms with Crippen molar-refractivity contribution < 1.29 is 9.15 Å². The molecule has 1 fully saturated rings. The number of para-hydroxylation sites is 2. The number of nitrogens with zero attached hydrogens (tertiary/aromatic N) is 1. The van der Waals surface area contributed by atoms with Crippen LogP contribution in [0.25, 0.3) is 11.1 Å². The fourth-order valence-corrected chi connectivity index (χ4v) is 2.13. The van der Waals surface area contributed by atoms with Gasteiger partial charge >= 0.3 is 0 Å². The first kappa shape index (κ1) is 10.6. The number of fused-ring (bicyclic) bond motifs is 1. The normalized spacial score (nSPS) is 17.4. The fraction of sp³-hybridized carbons (Fsp3) is 0.462. The Labute approximate surface area is 100.0 Å². The van der Waals surface area contributed by atoms with Gasteiger partial charge in [0.2, 0.25) is 0 Å². The van der Waals surface area contributed by atoms with Crippen molar-refractivity contribution in [3.05, 3.63) is 24.3 Å². The van der Waals surface area contributed by atoms with Crippen LogP contribution < -0.4 is 5.32 Å². The Balaban J connectivity index is 1.64. The second-order valence-electron chi connectivity index (χ2n) is 4.42. The Kier molecular flexibility index (Phi) is 2.96. The molecular weight excluding hydrogens is 216 g/mol. The number of hydrogen-bond acceptors (Lipinski definition) is 4. The fourth-order valence-electron chi connectivity index (χ4n) is 2.13. The van der Waals surface area contributed by atoms with Crippen LogP contribution in [0.15, 0.2) is 28.7 Å². The van der Waals surface area contributed by atoms with E-state index in [2.05, 4.69) is 10.3 Å². The highest BCUT2D eigenvalue weighted by Crippen LogP contribution is 2.20. The number of hydrogen-bond donors (Lipinski definition) is 1. The Morgan fingerprint density at radius 3 is 2.88 bits per heavy atom. The average molecular weight is 232 g/mol. The maximum absolute atomic E-state index is 5.61. The van der Waals surface area contributed by atoms with Gasteiger partial charge in [0.25, 0.3) is 6.01 Å². The molecule has 17 heavy (non-hydrogen) atoms. The summed E-state index contributed by atoms with van der Waals surface area (Å²) in [4.78, 5) is 4.39. The zero-order chi connectivity index (χ0) is 11.5. The topological polar surface area (TPSA) is 47.3 Å². The maximum atomic E-state index is 5.61. The number of nitrogens with one attached hydrogen (secondary N) is 1. The van der Waals surface area contributed by atoms with Crippen molar-refractivity contribution >= 4 is 17.1 Å². The number of anilines is 1. The summed E-state index contributed by atoms with van der Waals surface area (Å²) >= 11 is 0. The van der Waals surface area contributed by atoms with Crippen LogP contribution in [0, 0.1) is 5.92 Å². The molecule has 0 unspecified atom stereocenters. The van der Waals surface area contributed by atoms with Gasteiger partial charge in [-0.05, 0) is 30.9 Å². The molecule has 2 heterocycles. The first-order chi connectivity index (χ1) is 8.42. The second-order valence-corrected chi connectivity index (χ2v) is 4.42. The SMILES string of the molecule is c1ccc2oc(NCC3CCOCC3)nc2c1. The van der Waals surface area contributed by atoms with Crippen molar-refractivity contribution in [3.8, 4) is 0 Å². The third-order valence-corrected chi connectivity index (χ3v) is 3.18. The number of aromatic nitrogens is 1. The smallest absolute Gasteiger partial charge is 0.295 e. The minimum absolute atomic E-state index is 0.623. The molecule has 1 aromatic heterocycles. The number of benzene rings is 1. The molecule has 90 valence electrons. The van der Waals surface area contributed by atoms with Crippen molar-refractivity contribution in [3.63, 3.8) is 0 Å². The van der Waals surface area contributed by atoms with Gasteiger partial charge in [0.05, 0.1) is 0 Å². The van der Waals surface area contributed by atoms with Gasteiger partial charge in [0.1, 0.15) is 5.52 Å². The lowest BCUT2D eigenvalue weighted by molar-refractivity contribution is 0.0698. The first-order valence-corrected chi connectivity index (χ1v) is 6.09. The highest BCUT2D eigenvalue weighted by atomic mass is 16.5. The van der Waals surface area contributed by atoms with Gasteiger partial charge in [0, 0.05) is 19.8 Å². The van der Waals surface area contributed by atoms with Crippen LogP contribution >= 0.6 is 0 Å². The van der Waals surface area contributed by atoms with Gasteiger partial charge in [-0.1, -0.05) is 12.1 Å². The molecule has 3 rings (SSSR count). The molecule has 0 amide bonds. The summed E-state index contributed by atoms with van der Waals surface area (Å²) in [5, 5.41) is 3.27. The predicted octanol–water partition coefficient (Wildman–Crippen LogP) is 2.67. The van der Waals surface area contributed by atoms with Crippen molar-refractivity contribution in [1.82, 2.24) is 4.98 Å². The third kappa shape index (κ3) is 2.42. The van der Waals surface area contributed by atoms with Crippen LogP contribution in [0.5, 0.6) is 0 Å². The lowest BCUT2D eigenvalue weighted by Crippen LogP contribution is -2.22. The molecule has 1 saturated heterocycles. The molecule has 2 aromatic rings. The standard InChI is InChI=1S/C13H16N2O2/c1-2-4-12-11(3-1)15-13(17-12)14-9-10-5-7-16-8-6-10/h1-4,10H,5-9H2,(H,14,15). The largest absolute Gasteiger partial charge is 0.424 e. The Hall–Kier alpha value is -1.55. The van der Waals surface area contributed by atoms with E-state index in [9.17, 15) is 0 Å². The quantitative estimate of drug-likeness (QED) is 0.883. The van der Waals surface area contributed by atoms with E-state index in [1.807, 2.05) is 24.3 Å². The zero-order valence-corrected chi connectivity index (χ0v) is 9.69. The average Bonchev–Trinajstić information content (AvgIpc) is 2.80. The van der Waals surface area contributed by atoms with E-state index in [4.69, 9.17) is 9.15 Å². The Morgan fingerprint density at radius 2 is 2.06 bits per heavy atom. The van der Waals surface area contributed by atoms with E-state index in [-0.39, 0.29) is 0 Å². The second kappa shape index (κ2) is 4.75. The molecule has 4 heteroatoms. The number of ether oxygens (including phenoxy) is 1. The molecule has 0 aliphatic carbocycles. The summed E-state index contributed by atoms with van der Waals surface area (Å²) in [6.45, 7) is 2.66. The Bertz CT molecular complexity index is 456. The van der Waals surface area contributed by atoms with Gasteiger partial charge in [-0.2, -0.15) is 4.98 Å². The molecule has 0 radical (unpaired) electrons. The van der Waals surface area contributed by atoms with E-state index in [1.54, 1.807) is 0 Å². The maximum Gasteiger partial charge on any atom is 0.295 e. The van der Waals surface area contributed by atoms with Crippen LogP contribution in [-0.2, 0) is 4.74 Å². The highest BCUT2D eigenvalue weighted by molar-refractivity contribution is 5.74. The molecule has 4 nitrogen and oxygen atoms in total. The number of oxazole rings is 1. The van der Waals surface area contributed by atoms with Crippen molar-refractivity contribution in [2.75, 3.05) is 25.1 Å². The van der Waals surface area contributed by atoms with Crippen LogP contribution in [0.2, 0.25) is 0 Å². The monoisotopic (exact) mass is 232 g/mol. The van der Waals surface area contributed by atoms with Gasteiger partial charge in [-0.3, -0.25) is 0 Å². The lowest BCUT2D eigenvalue weighted by atomic mass is 10.0. The van der Waals surface area contributed by atoms with Crippen molar-refractivity contribution in [2.24, 2.45) is 5.92 Å². The van der Waals surface area contributed by atoms with Crippen LogP contribution in [-0.4, -0.2) is 24.7 Å². The van der Waals surface area contributed by atoms with Gasteiger partial charge < -0.3 is 14.5 Å². The lowest BCUT2D eigenvalue weighted by Gasteiger charge is -2.21. The summed E-state index contributed by atoms with van der Waals surface area (Å²) < 4.78 is 10.9. The molecule has 0 saturated carbocycles. The summed E-state index contributed by atoms with van der Waals surface area (Å²) in [6.07, 6.45) is 2.24. The van der Waals surface area contributed by atoms with Gasteiger partial charge in [-0.15, -0.1) is 0 Å². The molecule has 0 atom stereocenters. The molecule has 0 bridgehead atoms. The van der Waals surface area contributed by atoms with Crippen LogP contribution in [0.4, 0.5) is 6.01 Å². The van der Waals surface area contributed by atoms with Crippen molar-refractivity contribution in [2.45, 2.75) is 12.8 Å². The summed E-state index contributed by atoms with van der Waals surface area (Å²) in [6, 6.07) is 8.43. The van der Waals surface area contributed by atoms with Gasteiger partial charge in [-0.25, -0.2) is 0 Å². The van der Waals surface area contributed by atoms with Gasteiger partial charge in [0.15, 0.2) is 5.58 Å². The van der Waals surface area contributed by atoms with E-state index in [0.29, 0.717) is 11.9 Å². The minimum atomic E-state index is 0.623. The molecular formula is C13H16N2O2. The summed E-state index contributed by atoms with van der Waals surface area (Å²) in [7, 11) is 0. The van der Waals surface area contributed by atoms with E-state index in [1.165, 1.54) is 0 Å². The third-order valence-electron chi connectivity index (χ3n) is 3.18. The van der Waals surface area contributed by atoms with E-state index < -0.39 is 0 Å². The van der Waals surface area contributed by atoms with Crippen LogP contribution in [0.3, 0.4) is 0 Å². The summed E-state index contributed by atoms with van der Waals surface area (Å²) in [5.74, 6) is 0.666. The highest BCUT2D eigenvalue weighted by Gasteiger charge is 2.14. The molecule has 1 aromatic carbocycles. The minimum Gasteiger partial charge on any atom is -0.424 e. The molecule has 1 aliphatic rings. The molecule has 0 spiro atoms. The predicted molar refractivity (Wildman–Crippen MR) is 66.0 cm³/mol. The summed E-state index contributed by atoms with van der Waals surface area (Å²) in [5.41, 5.74) is 1.74. The first-order valence-electron chi connectivity index (χ1n) is 6.09. The molecule has 1 N–H and O–H groups in total.